The molecule has 0 aliphatic rings. The van der Waals surface area contributed by atoms with Crippen molar-refractivity contribution in [2.45, 2.75) is 6.42 Å². The summed E-state index contributed by atoms with van der Waals surface area (Å²) in [6.45, 7) is 0. The molecule has 5 nitrogen and oxygen atoms in total. The molecule has 24 heavy (non-hydrogen) atoms. The Balaban J connectivity index is 2.19. The van der Waals surface area contributed by atoms with Gasteiger partial charge in [0.2, 0.25) is 5.75 Å². The molecule has 0 saturated carbocycles. The minimum atomic E-state index is -0.424. The van der Waals surface area contributed by atoms with Gasteiger partial charge in [-0.25, -0.2) is 0 Å². The van der Waals surface area contributed by atoms with Crippen LogP contribution in [-0.2, 0) is 11.2 Å². The van der Waals surface area contributed by atoms with Gasteiger partial charge in [0.05, 0.1) is 32.2 Å². The predicted octanol–water partition coefficient (Wildman–Crippen LogP) is 4.28. The van der Waals surface area contributed by atoms with Gasteiger partial charge in [-0.05, 0) is 51.8 Å². The first kappa shape index (κ1) is 18.4. The third kappa shape index (κ3) is 4.33. The van der Waals surface area contributed by atoms with Crippen molar-refractivity contribution in [3.05, 3.63) is 45.4 Å². The molecule has 0 aliphatic carbocycles. The molecule has 0 spiro atoms. The zero-order chi connectivity index (χ0) is 17.7. The van der Waals surface area contributed by atoms with Crippen molar-refractivity contribution in [1.29, 1.82) is 0 Å². The summed E-state index contributed by atoms with van der Waals surface area (Å²) >= 11 is 9.18. The Morgan fingerprint density at radius 1 is 1.00 bits per heavy atom. The van der Waals surface area contributed by atoms with Crippen LogP contribution in [0.1, 0.15) is 5.56 Å². The Kier molecular flexibility index (Phi) is 6.34. The van der Waals surface area contributed by atoms with Crippen LogP contribution in [0.5, 0.6) is 23.0 Å². The van der Waals surface area contributed by atoms with Gasteiger partial charge in [0.1, 0.15) is 5.75 Å². The molecule has 0 aliphatic heterocycles. The number of hydrogen-bond acceptors (Lipinski definition) is 5. The highest BCUT2D eigenvalue weighted by Crippen LogP contribution is 2.38. The van der Waals surface area contributed by atoms with E-state index < -0.39 is 5.97 Å². The van der Waals surface area contributed by atoms with Crippen LogP contribution in [0.2, 0.25) is 5.02 Å². The minimum absolute atomic E-state index is 0.0474. The summed E-state index contributed by atoms with van der Waals surface area (Å²) in [5.74, 6) is 1.40. The summed E-state index contributed by atoms with van der Waals surface area (Å²) in [6, 6.07) is 8.34. The van der Waals surface area contributed by atoms with Crippen LogP contribution in [0.3, 0.4) is 0 Å². The van der Waals surface area contributed by atoms with Crippen molar-refractivity contribution in [2.75, 3.05) is 21.3 Å². The lowest BCUT2D eigenvalue weighted by Gasteiger charge is -2.14. The molecular formula is C17H16BrClO5. The van der Waals surface area contributed by atoms with Crippen LogP contribution in [0.15, 0.2) is 34.8 Å². The summed E-state index contributed by atoms with van der Waals surface area (Å²) < 4.78 is 21.8. The van der Waals surface area contributed by atoms with Gasteiger partial charge in [-0.3, -0.25) is 4.79 Å². The second-order valence-electron chi connectivity index (χ2n) is 4.76. The molecular weight excluding hydrogens is 400 g/mol. The Morgan fingerprint density at radius 3 is 2.12 bits per heavy atom. The van der Waals surface area contributed by atoms with E-state index in [-0.39, 0.29) is 6.42 Å². The predicted molar refractivity (Wildman–Crippen MR) is 94.6 cm³/mol. The van der Waals surface area contributed by atoms with Crippen LogP contribution >= 0.6 is 27.5 Å². The van der Waals surface area contributed by atoms with E-state index in [0.29, 0.717) is 38.1 Å². The molecule has 128 valence electrons. The second kappa shape index (κ2) is 8.26. The normalized spacial score (nSPS) is 10.2. The number of ether oxygens (including phenoxy) is 4. The molecule has 0 radical (unpaired) electrons. The molecule has 2 aromatic rings. The monoisotopic (exact) mass is 414 g/mol. The first-order chi connectivity index (χ1) is 11.5. The van der Waals surface area contributed by atoms with Crippen LogP contribution in [0.4, 0.5) is 0 Å². The van der Waals surface area contributed by atoms with E-state index in [9.17, 15) is 4.79 Å². The van der Waals surface area contributed by atoms with E-state index in [1.165, 1.54) is 21.3 Å². The standard InChI is InChI=1S/C17H16BrClO5/c1-21-14-6-10(7-15(22-2)17(14)23-3)8-16(20)24-13-5-4-11(19)9-12(13)18/h4-7,9H,8H2,1-3H3. The van der Waals surface area contributed by atoms with Crippen molar-refractivity contribution in [3.63, 3.8) is 0 Å². The lowest BCUT2D eigenvalue weighted by Crippen LogP contribution is -2.12. The quantitative estimate of drug-likeness (QED) is 0.521. The number of halogens is 2. The molecule has 0 fully saturated rings. The molecule has 0 saturated heterocycles. The molecule has 0 heterocycles. The number of hydrogen-bond donors (Lipinski definition) is 0. The topological polar surface area (TPSA) is 54.0 Å². The maximum Gasteiger partial charge on any atom is 0.315 e. The van der Waals surface area contributed by atoms with Gasteiger partial charge < -0.3 is 18.9 Å². The van der Waals surface area contributed by atoms with Gasteiger partial charge in [0.15, 0.2) is 11.5 Å². The minimum Gasteiger partial charge on any atom is -0.493 e. The smallest absolute Gasteiger partial charge is 0.315 e. The molecule has 0 N–H and O–H groups in total. The van der Waals surface area contributed by atoms with Crippen LogP contribution < -0.4 is 18.9 Å². The zero-order valence-corrected chi connectivity index (χ0v) is 15.7. The molecule has 0 atom stereocenters. The average Bonchev–Trinajstić information content (AvgIpc) is 2.56. The number of methoxy groups -OCH3 is 3. The van der Waals surface area contributed by atoms with Crippen LogP contribution in [0.25, 0.3) is 0 Å². The average molecular weight is 416 g/mol. The maximum atomic E-state index is 12.2. The molecule has 7 heteroatoms. The van der Waals surface area contributed by atoms with E-state index in [2.05, 4.69) is 15.9 Å². The van der Waals surface area contributed by atoms with Crippen molar-refractivity contribution < 1.29 is 23.7 Å². The van der Waals surface area contributed by atoms with Gasteiger partial charge in [0, 0.05) is 5.02 Å². The lowest BCUT2D eigenvalue weighted by molar-refractivity contribution is -0.133. The molecule has 0 unspecified atom stereocenters. The number of benzene rings is 2. The fraction of sp³-hybridized carbons (Fsp3) is 0.235. The van der Waals surface area contributed by atoms with E-state index in [4.69, 9.17) is 30.5 Å². The highest BCUT2D eigenvalue weighted by Gasteiger charge is 2.16. The first-order valence-corrected chi connectivity index (χ1v) is 8.10. The number of carbonyl (C=O) groups excluding carboxylic acids is 1. The van der Waals surface area contributed by atoms with E-state index in [1.54, 1.807) is 30.3 Å². The third-order valence-electron chi connectivity index (χ3n) is 3.19. The molecule has 2 rings (SSSR count). The lowest BCUT2D eigenvalue weighted by atomic mass is 10.1. The van der Waals surface area contributed by atoms with Crippen molar-refractivity contribution in [3.8, 4) is 23.0 Å². The van der Waals surface area contributed by atoms with E-state index in [1.807, 2.05) is 0 Å². The molecule has 2 aromatic carbocycles. The Hall–Kier alpha value is -1.92. The number of carbonyl (C=O) groups is 1. The maximum absolute atomic E-state index is 12.2. The van der Waals surface area contributed by atoms with Gasteiger partial charge in [0.25, 0.3) is 0 Å². The number of rotatable bonds is 6. The Labute approximate surface area is 153 Å². The third-order valence-corrected chi connectivity index (χ3v) is 4.05. The summed E-state index contributed by atoms with van der Waals surface area (Å²) in [4.78, 5) is 12.2. The van der Waals surface area contributed by atoms with Gasteiger partial charge in [-0.1, -0.05) is 11.6 Å². The van der Waals surface area contributed by atoms with Crippen LogP contribution in [0, 0.1) is 0 Å². The summed E-state index contributed by atoms with van der Waals surface area (Å²) in [5.41, 5.74) is 0.680. The molecule has 0 amide bonds. The van der Waals surface area contributed by atoms with E-state index in [0.717, 1.165) is 0 Å². The Morgan fingerprint density at radius 2 is 1.62 bits per heavy atom. The van der Waals surface area contributed by atoms with Crippen molar-refractivity contribution >= 4 is 33.5 Å². The molecule has 0 bridgehead atoms. The van der Waals surface area contributed by atoms with Gasteiger partial charge >= 0.3 is 5.97 Å². The first-order valence-electron chi connectivity index (χ1n) is 6.93. The van der Waals surface area contributed by atoms with Crippen molar-refractivity contribution in [2.24, 2.45) is 0 Å². The Bertz CT molecular complexity index is 723. The van der Waals surface area contributed by atoms with Gasteiger partial charge in [-0.2, -0.15) is 0 Å². The SMILES string of the molecule is COc1cc(CC(=O)Oc2ccc(Cl)cc2Br)cc(OC)c1OC. The number of esters is 1. The zero-order valence-electron chi connectivity index (χ0n) is 13.4. The summed E-state index contributed by atoms with van der Waals surface area (Å²) in [7, 11) is 4.56. The van der Waals surface area contributed by atoms with Gasteiger partial charge in [-0.15, -0.1) is 0 Å². The van der Waals surface area contributed by atoms with Crippen LogP contribution in [-0.4, -0.2) is 27.3 Å². The fourth-order valence-corrected chi connectivity index (χ4v) is 2.88. The largest absolute Gasteiger partial charge is 0.493 e. The fourth-order valence-electron chi connectivity index (χ4n) is 2.12. The van der Waals surface area contributed by atoms with E-state index >= 15 is 0 Å². The second-order valence-corrected chi connectivity index (χ2v) is 6.05. The summed E-state index contributed by atoms with van der Waals surface area (Å²) in [6.07, 6.45) is 0.0474. The highest BCUT2D eigenvalue weighted by molar-refractivity contribution is 9.10. The molecule has 0 aromatic heterocycles. The highest BCUT2D eigenvalue weighted by atomic mass is 79.9. The van der Waals surface area contributed by atoms with Crippen molar-refractivity contribution in [1.82, 2.24) is 0 Å². The summed E-state index contributed by atoms with van der Waals surface area (Å²) in [5, 5.41) is 0.548.